The van der Waals surface area contributed by atoms with Gasteiger partial charge in [-0.25, -0.2) is 0 Å². The van der Waals surface area contributed by atoms with Crippen LogP contribution in [0.25, 0.3) is 0 Å². The summed E-state index contributed by atoms with van der Waals surface area (Å²) in [6.07, 6.45) is 1.06. The van der Waals surface area contributed by atoms with Crippen LogP contribution in [-0.2, 0) is 9.59 Å². The van der Waals surface area contributed by atoms with Crippen molar-refractivity contribution in [3.05, 3.63) is 54.1 Å². The van der Waals surface area contributed by atoms with Crippen LogP contribution in [0.3, 0.4) is 0 Å². The quantitative estimate of drug-likeness (QED) is 0.883. The van der Waals surface area contributed by atoms with Crippen molar-refractivity contribution in [1.29, 1.82) is 0 Å². The van der Waals surface area contributed by atoms with Gasteiger partial charge in [0.05, 0.1) is 25.2 Å². The Labute approximate surface area is 164 Å². The number of carbonyl (C=O) groups excluding carboxylic acids is 2. The number of anilines is 1. The van der Waals surface area contributed by atoms with Crippen LogP contribution in [-0.4, -0.2) is 36.5 Å². The Bertz CT molecular complexity index is 868. The summed E-state index contributed by atoms with van der Waals surface area (Å²) in [6, 6.07) is 15.2. The summed E-state index contributed by atoms with van der Waals surface area (Å²) in [5.41, 5.74) is 1.72. The van der Waals surface area contributed by atoms with Gasteiger partial charge in [-0.2, -0.15) is 0 Å². The first kappa shape index (κ1) is 18.3. The fourth-order valence-corrected chi connectivity index (χ4v) is 3.68. The Balaban J connectivity index is 1.42. The highest BCUT2D eigenvalue weighted by Gasteiger charge is 2.37. The number of carbonyl (C=O) groups is 2. The zero-order valence-electron chi connectivity index (χ0n) is 15.9. The van der Waals surface area contributed by atoms with Gasteiger partial charge in [-0.05, 0) is 24.6 Å². The van der Waals surface area contributed by atoms with E-state index in [2.05, 4.69) is 5.32 Å². The molecule has 0 aromatic heterocycles. The van der Waals surface area contributed by atoms with Crippen molar-refractivity contribution in [2.24, 2.45) is 5.92 Å². The molecule has 1 N–H and O–H groups in total. The molecule has 0 spiro atoms. The number of hydrogen-bond acceptors (Lipinski definition) is 4. The molecule has 2 aromatic rings. The molecule has 28 heavy (non-hydrogen) atoms. The van der Waals surface area contributed by atoms with Crippen LogP contribution in [0.2, 0.25) is 0 Å². The van der Waals surface area contributed by atoms with Gasteiger partial charge in [-0.3, -0.25) is 9.59 Å². The van der Waals surface area contributed by atoms with E-state index >= 15 is 0 Å². The molecule has 2 amide bonds. The summed E-state index contributed by atoms with van der Waals surface area (Å²) in [5.74, 6) is 0.821. The van der Waals surface area contributed by atoms with Crippen LogP contribution < -0.4 is 14.8 Å². The molecule has 2 atom stereocenters. The summed E-state index contributed by atoms with van der Waals surface area (Å²) in [5, 5.41) is 2.92. The normalized spacial score (nSPS) is 19.8. The second-order valence-electron chi connectivity index (χ2n) is 7.24. The summed E-state index contributed by atoms with van der Waals surface area (Å²) in [7, 11) is 0. The second kappa shape index (κ2) is 7.92. The maximum Gasteiger partial charge on any atom is 0.229 e. The Morgan fingerprint density at radius 3 is 2.64 bits per heavy atom. The molecule has 2 aliphatic heterocycles. The third-order valence-electron chi connectivity index (χ3n) is 5.29. The minimum atomic E-state index is -0.366. The van der Waals surface area contributed by atoms with Gasteiger partial charge in [0.2, 0.25) is 11.8 Å². The van der Waals surface area contributed by atoms with Crippen LogP contribution in [0.4, 0.5) is 5.69 Å². The Morgan fingerprint density at radius 2 is 1.86 bits per heavy atom. The minimum absolute atomic E-state index is 0.00941. The van der Waals surface area contributed by atoms with Gasteiger partial charge < -0.3 is 19.7 Å². The molecule has 0 radical (unpaired) electrons. The summed E-state index contributed by atoms with van der Waals surface area (Å²) in [6.45, 7) is 3.63. The largest absolute Gasteiger partial charge is 0.490 e. The van der Waals surface area contributed by atoms with E-state index in [1.54, 1.807) is 23.1 Å². The first-order valence-electron chi connectivity index (χ1n) is 9.67. The van der Waals surface area contributed by atoms with Crippen LogP contribution in [0.1, 0.15) is 31.4 Å². The van der Waals surface area contributed by atoms with Gasteiger partial charge in [-0.15, -0.1) is 0 Å². The predicted octanol–water partition coefficient (Wildman–Crippen LogP) is 3.40. The molecule has 2 aromatic carbocycles. The molecule has 0 unspecified atom stereocenters. The van der Waals surface area contributed by atoms with Crippen molar-refractivity contribution >= 4 is 17.5 Å². The van der Waals surface area contributed by atoms with Gasteiger partial charge in [0.15, 0.2) is 11.5 Å². The molecule has 1 saturated heterocycles. The van der Waals surface area contributed by atoms with E-state index in [1.165, 1.54) is 0 Å². The Morgan fingerprint density at radius 1 is 1.11 bits per heavy atom. The van der Waals surface area contributed by atoms with E-state index in [4.69, 9.17) is 9.47 Å². The standard InChI is InChI=1S/C22H24N2O4/c1-15(16-6-3-2-4-7-16)24-14-17(12-21(24)25)22(26)23-18-8-9-19-20(13-18)28-11-5-10-27-19/h2-4,6-9,13,15,17H,5,10-12,14H2,1H3,(H,23,26)/t15-,17-/m1/s1. The number of hydrogen-bond donors (Lipinski definition) is 1. The third kappa shape index (κ3) is 3.81. The van der Waals surface area contributed by atoms with E-state index in [0.717, 1.165) is 12.0 Å². The van der Waals surface area contributed by atoms with Crippen molar-refractivity contribution in [3.63, 3.8) is 0 Å². The highest BCUT2D eigenvalue weighted by molar-refractivity contribution is 5.97. The van der Waals surface area contributed by atoms with Crippen LogP contribution in [0, 0.1) is 5.92 Å². The summed E-state index contributed by atoms with van der Waals surface area (Å²) < 4.78 is 11.3. The summed E-state index contributed by atoms with van der Waals surface area (Å²) in [4.78, 5) is 27.0. The predicted molar refractivity (Wildman–Crippen MR) is 105 cm³/mol. The fourth-order valence-electron chi connectivity index (χ4n) is 3.68. The SMILES string of the molecule is C[C@H](c1ccccc1)N1C[C@H](C(=O)Nc2ccc3c(c2)OCCCO3)CC1=O. The Kier molecular flexibility index (Phi) is 5.19. The highest BCUT2D eigenvalue weighted by Crippen LogP contribution is 2.33. The monoisotopic (exact) mass is 380 g/mol. The second-order valence-corrected chi connectivity index (χ2v) is 7.24. The van der Waals surface area contributed by atoms with Gasteiger partial charge >= 0.3 is 0 Å². The minimum Gasteiger partial charge on any atom is -0.490 e. The van der Waals surface area contributed by atoms with Crippen molar-refractivity contribution in [3.8, 4) is 11.5 Å². The average molecular weight is 380 g/mol. The lowest BCUT2D eigenvalue weighted by Gasteiger charge is -2.25. The number of nitrogens with one attached hydrogen (secondary N) is 1. The van der Waals surface area contributed by atoms with Crippen molar-refractivity contribution in [2.75, 3.05) is 25.1 Å². The number of amides is 2. The van der Waals surface area contributed by atoms with Crippen LogP contribution in [0.15, 0.2) is 48.5 Å². The van der Waals surface area contributed by atoms with Crippen LogP contribution >= 0.6 is 0 Å². The molecule has 4 rings (SSSR count). The van der Waals surface area contributed by atoms with Gasteiger partial charge in [0, 0.05) is 31.1 Å². The Hall–Kier alpha value is -3.02. The number of likely N-dealkylation sites (tertiary alicyclic amines) is 1. The van der Waals surface area contributed by atoms with E-state index < -0.39 is 0 Å². The first-order chi connectivity index (χ1) is 13.6. The molecule has 1 fully saturated rings. The molecule has 0 saturated carbocycles. The van der Waals surface area contributed by atoms with E-state index in [0.29, 0.717) is 36.9 Å². The lowest BCUT2D eigenvalue weighted by Crippen LogP contribution is -2.30. The smallest absolute Gasteiger partial charge is 0.229 e. The number of fused-ring (bicyclic) bond motifs is 1. The topological polar surface area (TPSA) is 67.9 Å². The number of ether oxygens (including phenoxy) is 2. The fraction of sp³-hybridized carbons (Fsp3) is 0.364. The molecule has 6 nitrogen and oxygen atoms in total. The van der Waals surface area contributed by atoms with Gasteiger partial charge in [-0.1, -0.05) is 30.3 Å². The molecule has 2 aliphatic rings. The van der Waals surface area contributed by atoms with Gasteiger partial charge in [0.1, 0.15) is 0 Å². The molecular formula is C22H24N2O4. The maximum absolute atomic E-state index is 12.7. The van der Waals surface area contributed by atoms with Crippen LogP contribution in [0.5, 0.6) is 11.5 Å². The first-order valence-corrected chi connectivity index (χ1v) is 9.67. The van der Waals surface area contributed by atoms with E-state index in [1.807, 2.05) is 37.3 Å². The van der Waals surface area contributed by atoms with Crippen molar-refractivity contribution < 1.29 is 19.1 Å². The molecule has 6 heteroatoms. The molecular weight excluding hydrogens is 356 g/mol. The van der Waals surface area contributed by atoms with Gasteiger partial charge in [0.25, 0.3) is 0 Å². The average Bonchev–Trinajstić information content (AvgIpc) is 2.95. The van der Waals surface area contributed by atoms with E-state index in [-0.39, 0.29) is 30.2 Å². The zero-order valence-corrected chi connectivity index (χ0v) is 15.9. The molecule has 0 bridgehead atoms. The third-order valence-corrected chi connectivity index (χ3v) is 5.29. The van der Waals surface area contributed by atoms with Crippen molar-refractivity contribution in [2.45, 2.75) is 25.8 Å². The maximum atomic E-state index is 12.7. The molecule has 0 aliphatic carbocycles. The number of nitrogens with zero attached hydrogens (tertiary/aromatic N) is 1. The zero-order chi connectivity index (χ0) is 19.5. The highest BCUT2D eigenvalue weighted by atomic mass is 16.5. The van der Waals surface area contributed by atoms with E-state index in [9.17, 15) is 9.59 Å². The molecule has 2 heterocycles. The lowest BCUT2D eigenvalue weighted by molar-refractivity contribution is -0.129. The number of benzene rings is 2. The summed E-state index contributed by atoms with van der Waals surface area (Å²) >= 11 is 0. The molecule has 146 valence electrons. The number of rotatable bonds is 4. The van der Waals surface area contributed by atoms with Crippen molar-refractivity contribution in [1.82, 2.24) is 4.90 Å². The lowest BCUT2D eigenvalue weighted by atomic mass is 10.1.